The average molecular weight is 296 g/mol. The molecule has 6 nitrogen and oxygen atoms in total. The van der Waals surface area contributed by atoms with Gasteiger partial charge in [0.25, 0.3) is 0 Å². The third-order valence-electron chi connectivity index (χ3n) is 3.46. The molecule has 0 radical (unpaired) electrons. The number of β-lactam (4-membered cyclic amide) rings is 1. The molecule has 0 bridgehead atoms. The van der Waals surface area contributed by atoms with Crippen molar-refractivity contribution in [2.24, 2.45) is 5.92 Å². The number of rotatable bonds is 5. The Kier molecular flexibility index (Phi) is 4.17. The van der Waals surface area contributed by atoms with E-state index in [1.165, 1.54) is 29.8 Å². The van der Waals surface area contributed by atoms with Crippen LogP contribution in [0.25, 0.3) is 0 Å². The number of thioether (sulfide) groups is 1. The fourth-order valence-electron chi connectivity index (χ4n) is 2.58. The Bertz CT molecular complexity index is 526. The normalized spacial score (nSPS) is 24.9. The van der Waals surface area contributed by atoms with Gasteiger partial charge in [-0.2, -0.15) is 0 Å². The molecule has 1 fully saturated rings. The van der Waals surface area contributed by atoms with E-state index in [1.807, 2.05) is 6.92 Å². The molecule has 0 aromatic carbocycles. The van der Waals surface area contributed by atoms with E-state index in [-0.39, 0.29) is 29.5 Å². The summed E-state index contributed by atoms with van der Waals surface area (Å²) in [6, 6.07) is -0.0183. The van der Waals surface area contributed by atoms with Crippen molar-refractivity contribution in [1.29, 1.82) is 0 Å². The van der Waals surface area contributed by atoms with Crippen LogP contribution in [-0.2, 0) is 14.4 Å². The zero-order valence-corrected chi connectivity index (χ0v) is 12.1. The lowest BCUT2D eigenvalue weighted by atomic mass is 9.85. The van der Waals surface area contributed by atoms with Crippen LogP contribution in [0.15, 0.2) is 22.2 Å². The summed E-state index contributed by atoms with van der Waals surface area (Å²) >= 11 is 1.23. The molecule has 20 heavy (non-hydrogen) atoms. The van der Waals surface area contributed by atoms with Crippen LogP contribution in [0.5, 0.6) is 0 Å². The number of aliphatic carboxylic acids is 1. The first-order valence-electron chi connectivity index (χ1n) is 6.35. The monoisotopic (exact) mass is 296 g/mol. The lowest BCUT2D eigenvalue weighted by Crippen LogP contribution is -2.58. The molecule has 0 aromatic heterocycles. The summed E-state index contributed by atoms with van der Waals surface area (Å²) in [6.45, 7) is 3.32. The average Bonchev–Trinajstić information content (AvgIpc) is 2.70. The minimum absolute atomic E-state index is 0.0183. The fourth-order valence-corrected chi connectivity index (χ4v) is 3.44. The van der Waals surface area contributed by atoms with Crippen LogP contribution in [0, 0.1) is 5.92 Å². The first kappa shape index (κ1) is 14.6. The molecule has 2 aliphatic rings. The zero-order chi connectivity index (χ0) is 14.9. The third kappa shape index (κ3) is 2.45. The molecule has 2 atom stereocenters. The Morgan fingerprint density at radius 1 is 1.55 bits per heavy atom. The molecule has 7 heteroatoms. The Morgan fingerprint density at radius 2 is 2.25 bits per heavy atom. The smallest absolute Gasteiger partial charge is 0.353 e. The summed E-state index contributed by atoms with van der Waals surface area (Å²) in [7, 11) is 0. The predicted octanol–water partition coefficient (Wildman–Crippen LogP) is 1.26. The largest absolute Gasteiger partial charge is 0.477 e. The maximum absolute atomic E-state index is 11.9. The van der Waals surface area contributed by atoms with E-state index < -0.39 is 5.97 Å². The molecule has 2 amide bonds. The summed E-state index contributed by atoms with van der Waals surface area (Å²) < 4.78 is 0. The molecule has 2 aliphatic heterocycles. The summed E-state index contributed by atoms with van der Waals surface area (Å²) in [5, 5.41) is 13.4. The number of carboxylic acids is 1. The number of nitrogens with zero attached hydrogens (tertiary/aromatic N) is 1. The number of amides is 2. The van der Waals surface area contributed by atoms with E-state index in [1.54, 1.807) is 5.41 Å². The van der Waals surface area contributed by atoms with E-state index in [0.717, 1.165) is 6.42 Å². The van der Waals surface area contributed by atoms with Gasteiger partial charge in [0.15, 0.2) is 0 Å². The second kappa shape index (κ2) is 5.70. The number of fused-ring (bicyclic) bond motifs is 1. The first-order chi connectivity index (χ1) is 9.47. The van der Waals surface area contributed by atoms with Crippen LogP contribution in [0.3, 0.4) is 0 Å². The lowest BCUT2D eigenvalue weighted by Gasteiger charge is -2.42. The molecule has 2 rings (SSSR count). The van der Waals surface area contributed by atoms with Crippen molar-refractivity contribution in [2.75, 3.05) is 0 Å². The van der Waals surface area contributed by atoms with Gasteiger partial charge in [-0.3, -0.25) is 9.59 Å². The minimum Gasteiger partial charge on any atom is -0.477 e. The maximum Gasteiger partial charge on any atom is 0.353 e. The molecule has 0 spiro atoms. The van der Waals surface area contributed by atoms with Crippen molar-refractivity contribution in [3.8, 4) is 0 Å². The molecule has 108 valence electrons. The van der Waals surface area contributed by atoms with Gasteiger partial charge >= 0.3 is 5.97 Å². The van der Waals surface area contributed by atoms with Crippen molar-refractivity contribution >= 4 is 29.5 Å². The van der Waals surface area contributed by atoms with Gasteiger partial charge in [-0.1, -0.05) is 18.7 Å². The van der Waals surface area contributed by atoms with Crippen LogP contribution in [0.4, 0.5) is 0 Å². The van der Waals surface area contributed by atoms with Gasteiger partial charge in [-0.05, 0) is 11.8 Å². The van der Waals surface area contributed by atoms with Crippen molar-refractivity contribution < 1.29 is 19.5 Å². The Morgan fingerprint density at radius 3 is 2.80 bits per heavy atom. The molecule has 2 heterocycles. The number of hydrogen-bond acceptors (Lipinski definition) is 4. The molecule has 0 aliphatic carbocycles. The number of nitrogens with one attached hydrogen (secondary N) is 1. The van der Waals surface area contributed by atoms with Crippen LogP contribution in [0.1, 0.15) is 26.7 Å². The van der Waals surface area contributed by atoms with Gasteiger partial charge in [-0.25, -0.2) is 4.79 Å². The highest BCUT2D eigenvalue weighted by atomic mass is 32.2. The molecular formula is C13H16N2O4S. The minimum atomic E-state index is -1.08. The van der Waals surface area contributed by atoms with E-state index in [9.17, 15) is 19.5 Å². The van der Waals surface area contributed by atoms with E-state index >= 15 is 0 Å². The highest BCUT2D eigenvalue weighted by Crippen LogP contribution is 2.47. The summed E-state index contributed by atoms with van der Waals surface area (Å²) in [5.41, 5.74) is 0.0853. The molecule has 2 N–H and O–H groups in total. The number of carboxylic acid groups (broad SMARTS) is 1. The number of carbonyl (C=O) groups is 3. The molecule has 0 saturated carbocycles. The van der Waals surface area contributed by atoms with Gasteiger partial charge in [0.1, 0.15) is 5.70 Å². The van der Waals surface area contributed by atoms with Crippen molar-refractivity contribution in [3.05, 3.63) is 22.2 Å². The van der Waals surface area contributed by atoms with Crippen molar-refractivity contribution in [3.63, 3.8) is 0 Å². The van der Waals surface area contributed by atoms with Crippen molar-refractivity contribution in [1.82, 2.24) is 10.2 Å². The second-order valence-electron chi connectivity index (χ2n) is 4.69. The number of carbonyl (C=O) groups excluding carboxylic acids is 2. The molecule has 0 aromatic rings. The second-order valence-corrected chi connectivity index (χ2v) is 5.69. The van der Waals surface area contributed by atoms with Crippen LogP contribution >= 0.6 is 11.8 Å². The van der Waals surface area contributed by atoms with Crippen LogP contribution in [-0.4, -0.2) is 33.8 Å². The molecule has 1 saturated heterocycles. The van der Waals surface area contributed by atoms with Gasteiger partial charge in [0, 0.05) is 24.4 Å². The first-order valence-corrected chi connectivity index (χ1v) is 7.23. The van der Waals surface area contributed by atoms with Gasteiger partial charge < -0.3 is 15.3 Å². The standard InChI is InChI=1S/C13H16N2O4S/c1-3-8-9-6-10(20-5-4-14-7(2)16)11(13(18)19)15(9)12(8)17/h4-5,8-9H,3,6H2,1-2H3,(H,14,16)(H,18,19)/b5-4+. The Balaban J connectivity index is 2.11. The van der Waals surface area contributed by atoms with Crippen molar-refractivity contribution in [2.45, 2.75) is 32.7 Å². The third-order valence-corrected chi connectivity index (χ3v) is 4.37. The van der Waals surface area contributed by atoms with Crippen LogP contribution < -0.4 is 5.32 Å². The van der Waals surface area contributed by atoms with Gasteiger partial charge in [-0.15, -0.1) is 0 Å². The van der Waals surface area contributed by atoms with Crippen LogP contribution in [0.2, 0.25) is 0 Å². The highest BCUT2D eigenvalue weighted by molar-refractivity contribution is 8.05. The highest BCUT2D eigenvalue weighted by Gasteiger charge is 2.54. The summed E-state index contributed by atoms with van der Waals surface area (Å²) in [6.07, 6.45) is 2.77. The van der Waals surface area contributed by atoms with E-state index in [4.69, 9.17) is 0 Å². The Labute approximate surface area is 120 Å². The Hall–Kier alpha value is -1.76. The summed E-state index contributed by atoms with van der Waals surface area (Å²) in [5.74, 6) is -1.44. The molecular weight excluding hydrogens is 280 g/mol. The molecule has 2 unspecified atom stereocenters. The zero-order valence-electron chi connectivity index (χ0n) is 11.3. The maximum atomic E-state index is 11.9. The summed E-state index contributed by atoms with van der Waals surface area (Å²) in [4.78, 5) is 36.0. The topological polar surface area (TPSA) is 86.7 Å². The lowest BCUT2D eigenvalue weighted by molar-refractivity contribution is -0.155. The SMILES string of the molecule is CCC1C(=O)N2C(C(=O)O)=C(S/C=C/NC(C)=O)CC12. The predicted molar refractivity (Wildman–Crippen MR) is 74.2 cm³/mol. The van der Waals surface area contributed by atoms with E-state index in [2.05, 4.69) is 5.32 Å². The quantitative estimate of drug-likeness (QED) is 0.746. The van der Waals surface area contributed by atoms with E-state index in [0.29, 0.717) is 11.3 Å². The number of hydrogen-bond donors (Lipinski definition) is 2. The van der Waals surface area contributed by atoms with Gasteiger partial charge in [0.2, 0.25) is 11.8 Å². The fraction of sp³-hybridized carbons (Fsp3) is 0.462. The van der Waals surface area contributed by atoms with Gasteiger partial charge in [0.05, 0.1) is 12.0 Å².